The van der Waals surface area contributed by atoms with Crippen LogP contribution in [-0.2, 0) is 11.3 Å². The number of aromatic nitrogens is 1. The van der Waals surface area contributed by atoms with Crippen molar-refractivity contribution in [2.24, 2.45) is 0 Å². The molecule has 7 heteroatoms. The fourth-order valence-corrected chi connectivity index (χ4v) is 5.03. The smallest absolute Gasteiger partial charge is 0.224 e. The lowest BCUT2D eigenvalue weighted by atomic mass is 10.2. The third kappa shape index (κ3) is 4.34. The van der Waals surface area contributed by atoms with Gasteiger partial charge in [0.25, 0.3) is 0 Å². The first-order valence-electron chi connectivity index (χ1n) is 10.0. The van der Waals surface area contributed by atoms with Crippen molar-refractivity contribution in [1.29, 1.82) is 0 Å². The van der Waals surface area contributed by atoms with Crippen LogP contribution in [0.4, 0.5) is 0 Å². The largest absolute Gasteiger partial charge is 0.489 e. The molecular formula is C21H26ClN3O2S. The van der Waals surface area contributed by atoms with Crippen molar-refractivity contribution in [2.45, 2.75) is 51.3 Å². The molecule has 2 atom stereocenters. The van der Waals surface area contributed by atoms with Crippen molar-refractivity contribution in [1.82, 2.24) is 14.8 Å². The van der Waals surface area contributed by atoms with Gasteiger partial charge in [0.2, 0.25) is 5.91 Å². The number of carbonyl (C=O) groups excluding carboxylic acids is 1. The number of hydrogen-bond acceptors (Lipinski definition) is 5. The lowest BCUT2D eigenvalue weighted by molar-refractivity contribution is -0.132. The second kappa shape index (κ2) is 8.80. The summed E-state index contributed by atoms with van der Waals surface area (Å²) in [4.78, 5) is 21.7. The Balaban J connectivity index is 1.41. The van der Waals surface area contributed by atoms with E-state index >= 15 is 0 Å². The molecule has 0 spiro atoms. The first-order chi connectivity index (χ1) is 13.6. The standard InChI is InChI=1S/C21H26ClN3O2S/c1-2-17-14-24(13-15-5-6-16(22)12-19(15)27-17)10-7-20(26)25-9-3-4-18(25)21-23-8-11-28-21/h5-6,8,11-12,17-18H,2-4,7,9-10,13-14H2,1H3/t17-,18+/m0/s1. The maximum Gasteiger partial charge on any atom is 0.224 e. The summed E-state index contributed by atoms with van der Waals surface area (Å²) in [6.07, 6.45) is 5.47. The third-order valence-electron chi connectivity index (χ3n) is 5.59. The Morgan fingerprint density at radius 3 is 3.11 bits per heavy atom. The summed E-state index contributed by atoms with van der Waals surface area (Å²) in [6.45, 7) is 5.32. The molecule has 2 aliphatic heterocycles. The summed E-state index contributed by atoms with van der Waals surface area (Å²) < 4.78 is 6.16. The molecule has 150 valence electrons. The molecule has 1 saturated heterocycles. The van der Waals surface area contributed by atoms with E-state index in [4.69, 9.17) is 16.3 Å². The molecule has 4 rings (SSSR count). The highest BCUT2D eigenvalue weighted by Crippen LogP contribution is 2.34. The maximum atomic E-state index is 12.9. The van der Waals surface area contributed by atoms with E-state index in [9.17, 15) is 4.79 Å². The molecule has 3 heterocycles. The zero-order valence-corrected chi connectivity index (χ0v) is 17.7. The van der Waals surface area contributed by atoms with E-state index < -0.39 is 0 Å². The Bertz CT molecular complexity index is 814. The number of benzene rings is 1. The van der Waals surface area contributed by atoms with Gasteiger partial charge in [-0.3, -0.25) is 9.69 Å². The molecule has 1 fully saturated rings. The lowest BCUT2D eigenvalue weighted by Gasteiger charge is -2.26. The molecule has 2 aliphatic rings. The Labute approximate surface area is 175 Å². The van der Waals surface area contributed by atoms with E-state index in [1.807, 2.05) is 34.7 Å². The number of carbonyl (C=O) groups is 1. The van der Waals surface area contributed by atoms with E-state index in [0.717, 1.165) is 61.8 Å². The van der Waals surface area contributed by atoms with Crippen LogP contribution in [0.3, 0.4) is 0 Å². The van der Waals surface area contributed by atoms with E-state index in [1.54, 1.807) is 11.3 Å². The summed E-state index contributed by atoms with van der Waals surface area (Å²) in [7, 11) is 0. The van der Waals surface area contributed by atoms with Gasteiger partial charge in [-0.2, -0.15) is 0 Å². The molecule has 0 saturated carbocycles. The molecule has 0 N–H and O–H groups in total. The van der Waals surface area contributed by atoms with Gasteiger partial charge < -0.3 is 9.64 Å². The van der Waals surface area contributed by atoms with Crippen molar-refractivity contribution >= 4 is 28.8 Å². The van der Waals surface area contributed by atoms with Crippen molar-refractivity contribution in [3.63, 3.8) is 0 Å². The highest BCUT2D eigenvalue weighted by atomic mass is 35.5. The SMILES string of the molecule is CC[C@H]1CN(CCC(=O)N2CCC[C@@H]2c2nccs2)Cc2ccc(Cl)cc2O1. The number of amides is 1. The van der Waals surface area contributed by atoms with Crippen molar-refractivity contribution in [3.05, 3.63) is 45.4 Å². The third-order valence-corrected chi connectivity index (χ3v) is 6.70. The number of rotatable bonds is 5. The maximum absolute atomic E-state index is 12.9. The Morgan fingerprint density at radius 2 is 2.32 bits per heavy atom. The van der Waals surface area contributed by atoms with Crippen molar-refractivity contribution in [2.75, 3.05) is 19.6 Å². The number of halogens is 1. The first kappa shape index (κ1) is 19.7. The molecule has 1 amide bonds. The highest BCUT2D eigenvalue weighted by molar-refractivity contribution is 7.09. The van der Waals surface area contributed by atoms with Crippen LogP contribution in [0.5, 0.6) is 5.75 Å². The van der Waals surface area contributed by atoms with Crippen LogP contribution in [0.1, 0.15) is 49.2 Å². The molecule has 1 aromatic carbocycles. The second-order valence-electron chi connectivity index (χ2n) is 7.50. The molecule has 0 radical (unpaired) electrons. The quantitative estimate of drug-likeness (QED) is 0.714. The summed E-state index contributed by atoms with van der Waals surface area (Å²) in [6, 6.07) is 5.99. The summed E-state index contributed by atoms with van der Waals surface area (Å²) in [5.41, 5.74) is 1.13. The lowest BCUT2D eigenvalue weighted by Crippen LogP contribution is -2.37. The van der Waals surface area contributed by atoms with Gasteiger partial charge in [-0.15, -0.1) is 11.3 Å². The number of nitrogens with zero attached hydrogens (tertiary/aromatic N) is 3. The summed E-state index contributed by atoms with van der Waals surface area (Å²) >= 11 is 7.78. The van der Waals surface area contributed by atoms with Crippen molar-refractivity contribution < 1.29 is 9.53 Å². The van der Waals surface area contributed by atoms with E-state index in [-0.39, 0.29) is 18.1 Å². The summed E-state index contributed by atoms with van der Waals surface area (Å²) in [5.74, 6) is 1.10. The second-order valence-corrected chi connectivity index (χ2v) is 8.86. The van der Waals surface area contributed by atoms with Crippen LogP contribution in [0, 0.1) is 0 Å². The van der Waals surface area contributed by atoms with Crippen LogP contribution < -0.4 is 4.74 Å². The van der Waals surface area contributed by atoms with Crippen LogP contribution in [0.25, 0.3) is 0 Å². The molecule has 0 aliphatic carbocycles. The van der Waals surface area contributed by atoms with E-state index in [0.29, 0.717) is 11.4 Å². The number of thiazole rings is 1. The normalized spacial score (nSPS) is 22.6. The Kier molecular flexibility index (Phi) is 6.19. The van der Waals surface area contributed by atoms with E-state index in [1.165, 1.54) is 0 Å². The van der Waals surface area contributed by atoms with Gasteiger partial charge >= 0.3 is 0 Å². The topological polar surface area (TPSA) is 45.7 Å². The molecule has 5 nitrogen and oxygen atoms in total. The van der Waals surface area contributed by atoms with Crippen LogP contribution in [-0.4, -0.2) is 46.4 Å². The first-order valence-corrected chi connectivity index (χ1v) is 11.3. The fourth-order valence-electron chi connectivity index (χ4n) is 4.08. The minimum Gasteiger partial charge on any atom is -0.489 e. The van der Waals surface area contributed by atoms with Gasteiger partial charge in [-0.05, 0) is 31.4 Å². The van der Waals surface area contributed by atoms with Crippen LogP contribution in [0.15, 0.2) is 29.8 Å². The molecular weight excluding hydrogens is 394 g/mol. The highest BCUT2D eigenvalue weighted by Gasteiger charge is 2.32. The molecule has 2 aromatic rings. The number of fused-ring (bicyclic) bond motifs is 1. The average Bonchev–Trinajstić information content (AvgIpc) is 3.35. The predicted molar refractivity (Wildman–Crippen MR) is 112 cm³/mol. The average molecular weight is 420 g/mol. The molecule has 28 heavy (non-hydrogen) atoms. The zero-order chi connectivity index (χ0) is 19.5. The minimum atomic E-state index is 0.115. The van der Waals surface area contributed by atoms with Gasteiger partial charge in [0.1, 0.15) is 16.9 Å². The van der Waals surface area contributed by atoms with Gasteiger partial charge in [-0.1, -0.05) is 24.6 Å². The van der Waals surface area contributed by atoms with Crippen LogP contribution >= 0.6 is 22.9 Å². The van der Waals surface area contributed by atoms with E-state index in [2.05, 4.69) is 16.8 Å². The Morgan fingerprint density at radius 1 is 1.43 bits per heavy atom. The monoisotopic (exact) mass is 419 g/mol. The van der Waals surface area contributed by atoms with Gasteiger partial charge in [0, 0.05) is 54.8 Å². The van der Waals surface area contributed by atoms with Gasteiger partial charge in [0.15, 0.2) is 0 Å². The fraction of sp³-hybridized carbons (Fsp3) is 0.524. The zero-order valence-electron chi connectivity index (χ0n) is 16.1. The Hall–Kier alpha value is -1.63. The number of ether oxygens (including phenoxy) is 1. The van der Waals surface area contributed by atoms with Gasteiger partial charge in [0.05, 0.1) is 6.04 Å². The minimum absolute atomic E-state index is 0.115. The molecule has 1 aromatic heterocycles. The molecule has 0 bridgehead atoms. The van der Waals surface area contributed by atoms with Gasteiger partial charge in [-0.25, -0.2) is 4.98 Å². The number of hydrogen-bond donors (Lipinski definition) is 0. The van der Waals surface area contributed by atoms with Crippen LogP contribution in [0.2, 0.25) is 5.02 Å². The summed E-state index contributed by atoms with van der Waals surface area (Å²) in [5, 5.41) is 3.74. The predicted octanol–water partition coefficient (Wildman–Crippen LogP) is 4.52. The van der Waals surface area contributed by atoms with Crippen molar-refractivity contribution in [3.8, 4) is 5.75 Å². The molecule has 0 unspecified atom stereocenters. The number of likely N-dealkylation sites (tertiary alicyclic amines) is 1.